The molecule has 1 aromatic heterocycles. The average molecular weight is 463 g/mol. The van der Waals surface area contributed by atoms with Crippen molar-refractivity contribution in [3.8, 4) is 23.1 Å². The Balaban J connectivity index is 1.97. The lowest BCUT2D eigenvalue weighted by molar-refractivity contribution is -0.384. The molecule has 1 N–H and O–H groups in total. The first-order valence-corrected chi connectivity index (χ1v) is 11.0. The van der Waals surface area contributed by atoms with E-state index >= 15 is 0 Å². The van der Waals surface area contributed by atoms with Crippen molar-refractivity contribution in [3.05, 3.63) is 69.8 Å². The van der Waals surface area contributed by atoms with E-state index in [2.05, 4.69) is 40.4 Å². The van der Waals surface area contributed by atoms with Crippen LogP contribution < -0.4 is 10.2 Å². The first-order chi connectivity index (χ1) is 15.9. The van der Waals surface area contributed by atoms with Crippen molar-refractivity contribution >= 4 is 29.5 Å². The van der Waals surface area contributed by atoms with E-state index in [1.807, 2.05) is 12.1 Å². The summed E-state index contributed by atoms with van der Waals surface area (Å²) in [6.07, 6.45) is 1.43. The molecule has 0 saturated carbocycles. The number of rotatable bonds is 9. The van der Waals surface area contributed by atoms with Crippen LogP contribution in [0.15, 0.2) is 58.8 Å². The van der Waals surface area contributed by atoms with Gasteiger partial charge in [-0.3, -0.25) is 15.5 Å². The second-order valence-corrected chi connectivity index (χ2v) is 8.33. The third-order valence-electron chi connectivity index (χ3n) is 4.37. The standard InChI is InChI=1S/C23H22N6O3S/c1-15(2)14-33-23-26-21(17-7-9-19(32-3)10-8-17)20(12-24)22(27-23)28-25-13-16-5-4-6-18(11-16)29(30)31/h4-11,13,15H,14H2,1-3H3,(H,26,27,28)/b25-13-. The Labute approximate surface area is 195 Å². The van der Waals surface area contributed by atoms with Crippen LogP contribution in [0.25, 0.3) is 11.3 Å². The zero-order chi connectivity index (χ0) is 23.8. The maximum absolute atomic E-state index is 11.0. The van der Waals surface area contributed by atoms with Crippen molar-refractivity contribution < 1.29 is 9.66 Å². The summed E-state index contributed by atoms with van der Waals surface area (Å²) in [6, 6.07) is 15.5. The Morgan fingerprint density at radius 3 is 2.67 bits per heavy atom. The summed E-state index contributed by atoms with van der Waals surface area (Å²) in [5.74, 6) is 2.19. The van der Waals surface area contributed by atoms with E-state index in [0.717, 1.165) is 11.3 Å². The van der Waals surface area contributed by atoms with Crippen LogP contribution >= 0.6 is 11.8 Å². The predicted octanol–water partition coefficient (Wildman–Crippen LogP) is 5.13. The lowest BCUT2D eigenvalue weighted by atomic mass is 10.1. The van der Waals surface area contributed by atoms with Crippen LogP contribution in [-0.4, -0.2) is 34.0 Å². The van der Waals surface area contributed by atoms with Crippen LogP contribution in [0.3, 0.4) is 0 Å². The summed E-state index contributed by atoms with van der Waals surface area (Å²) < 4.78 is 5.22. The summed E-state index contributed by atoms with van der Waals surface area (Å²) in [7, 11) is 1.59. The van der Waals surface area contributed by atoms with Gasteiger partial charge in [-0.1, -0.05) is 37.7 Å². The lowest BCUT2D eigenvalue weighted by Gasteiger charge is -2.12. The predicted molar refractivity (Wildman–Crippen MR) is 129 cm³/mol. The fourth-order valence-corrected chi connectivity index (χ4v) is 3.57. The van der Waals surface area contributed by atoms with Gasteiger partial charge in [-0.05, 0) is 30.2 Å². The number of nitriles is 1. The molecule has 9 nitrogen and oxygen atoms in total. The van der Waals surface area contributed by atoms with Gasteiger partial charge < -0.3 is 4.74 Å². The largest absolute Gasteiger partial charge is 0.497 e. The summed E-state index contributed by atoms with van der Waals surface area (Å²) in [6.45, 7) is 4.20. The fourth-order valence-electron chi connectivity index (χ4n) is 2.78. The third kappa shape index (κ3) is 6.27. The molecule has 0 fully saturated rings. The van der Waals surface area contributed by atoms with Gasteiger partial charge in [0.2, 0.25) is 0 Å². The van der Waals surface area contributed by atoms with Gasteiger partial charge in [0.05, 0.1) is 23.9 Å². The average Bonchev–Trinajstić information content (AvgIpc) is 2.82. The molecule has 33 heavy (non-hydrogen) atoms. The van der Waals surface area contributed by atoms with E-state index < -0.39 is 4.92 Å². The molecule has 0 unspecified atom stereocenters. The Kier molecular flexibility index (Phi) is 7.94. The fraction of sp³-hybridized carbons (Fsp3) is 0.217. The Morgan fingerprint density at radius 1 is 1.27 bits per heavy atom. The van der Waals surface area contributed by atoms with Crippen molar-refractivity contribution in [1.29, 1.82) is 5.26 Å². The number of nitrogens with zero attached hydrogens (tertiary/aromatic N) is 5. The minimum Gasteiger partial charge on any atom is -0.497 e. The Bertz CT molecular complexity index is 1210. The smallest absolute Gasteiger partial charge is 0.270 e. The molecule has 0 aliphatic carbocycles. The molecule has 0 saturated heterocycles. The molecule has 0 amide bonds. The number of hydrazone groups is 1. The van der Waals surface area contributed by atoms with Gasteiger partial charge in [0.25, 0.3) is 5.69 Å². The van der Waals surface area contributed by atoms with Gasteiger partial charge in [0, 0.05) is 29.0 Å². The Morgan fingerprint density at radius 2 is 2.03 bits per heavy atom. The van der Waals surface area contributed by atoms with E-state index in [1.54, 1.807) is 31.4 Å². The molecule has 168 valence electrons. The molecule has 3 aromatic rings. The van der Waals surface area contributed by atoms with Gasteiger partial charge >= 0.3 is 0 Å². The number of non-ortho nitro benzene ring substituents is 1. The monoisotopic (exact) mass is 462 g/mol. The number of thioether (sulfide) groups is 1. The minimum absolute atomic E-state index is 0.0344. The number of methoxy groups -OCH3 is 1. The van der Waals surface area contributed by atoms with Crippen LogP contribution in [0.2, 0.25) is 0 Å². The van der Waals surface area contributed by atoms with Crippen molar-refractivity contribution in [2.75, 3.05) is 18.3 Å². The molecular formula is C23H22N6O3S. The number of ether oxygens (including phenoxy) is 1. The van der Waals surface area contributed by atoms with E-state index in [1.165, 1.54) is 30.1 Å². The Hall–Kier alpha value is -3.97. The highest BCUT2D eigenvalue weighted by atomic mass is 32.2. The number of aromatic nitrogens is 2. The highest BCUT2D eigenvalue weighted by molar-refractivity contribution is 7.99. The SMILES string of the molecule is COc1ccc(-c2nc(SCC(C)C)nc(N/N=C\c3cccc([N+](=O)[O-])c3)c2C#N)cc1. The lowest BCUT2D eigenvalue weighted by Crippen LogP contribution is -2.04. The van der Waals surface area contributed by atoms with Crippen LogP contribution in [0.1, 0.15) is 25.0 Å². The highest BCUT2D eigenvalue weighted by Crippen LogP contribution is 2.30. The van der Waals surface area contributed by atoms with Crippen molar-refractivity contribution in [2.45, 2.75) is 19.0 Å². The number of nitro benzene ring substituents is 1. The van der Waals surface area contributed by atoms with Crippen LogP contribution in [0, 0.1) is 27.4 Å². The second kappa shape index (κ2) is 11.1. The van der Waals surface area contributed by atoms with Gasteiger partial charge in [-0.15, -0.1) is 0 Å². The van der Waals surface area contributed by atoms with E-state index in [-0.39, 0.29) is 17.1 Å². The second-order valence-electron chi connectivity index (χ2n) is 7.35. The number of anilines is 1. The zero-order valence-electron chi connectivity index (χ0n) is 18.3. The van der Waals surface area contributed by atoms with Crippen LogP contribution in [0.4, 0.5) is 11.5 Å². The van der Waals surface area contributed by atoms with E-state index in [9.17, 15) is 15.4 Å². The zero-order valence-corrected chi connectivity index (χ0v) is 19.2. The number of nitrogens with one attached hydrogen (secondary N) is 1. The van der Waals surface area contributed by atoms with Crippen molar-refractivity contribution in [2.24, 2.45) is 11.0 Å². The number of benzene rings is 2. The highest BCUT2D eigenvalue weighted by Gasteiger charge is 2.17. The molecule has 3 rings (SSSR count). The van der Waals surface area contributed by atoms with Crippen LogP contribution in [0.5, 0.6) is 5.75 Å². The quantitative estimate of drug-likeness (QED) is 0.152. The topological polar surface area (TPSA) is 126 Å². The van der Waals surface area contributed by atoms with E-state index in [0.29, 0.717) is 28.1 Å². The molecule has 2 aromatic carbocycles. The van der Waals surface area contributed by atoms with Crippen molar-refractivity contribution in [3.63, 3.8) is 0 Å². The molecule has 10 heteroatoms. The molecule has 0 radical (unpaired) electrons. The first-order valence-electron chi connectivity index (χ1n) is 10.0. The maximum Gasteiger partial charge on any atom is 0.270 e. The minimum atomic E-state index is -0.470. The summed E-state index contributed by atoms with van der Waals surface area (Å²) in [5, 5.41) is 25.5. The normalized spacial score (nSPS) is 10.9. The summed E-state index contributed by atoms with van der Waals surface area (Å²) in [4.78, 5) is 19.6. The molecule has 0 bridgehead atoms. The van der Waals surface area contributed by atoms with Crippen molar-refractivity contribution in [1.82, 2.24) is 9.97 Å². The molecule has 0 spiro atoms. The molecule has 0 atom stereocenters. The van der Waals surface area contributed by atoms with Gasteiger partial charge in [-0.25, -0.2) is 9.97 Å². The van der Waals surface area contributed by atoms with Gasteiger partial charge in [0.1, 0.15) is 17.4 Å². The number of hydrogen-bond donors (Lipinski definition) is 1. The third-order valence-corrected chi connectivity index (χ3v) is 5.65. The maximum atomic E-state index is 11.0. The molecule has 0 aliphatic heterocycles. The number of nitro groups is 1. The summed E-state index contributed by atoms with van der Waals surface area (Å²) in [5.41, 5.74) is 4.78. The summed E-state index contributed by atoms with van der Waals surface area (Å²) >= 11 is 1.49. The number of hydrogen-bond acceptors (Lipinski definition) is 9. The van der Waals surface area contributed by atoms with Crippen LogP contribution in [-0.2, 0) is 0 Å². The first kappa shape index (κ1) is 23.7. The molecule has 0 aliphatic rings. The molecular weight excluding hydrogens is 440 g/mol. The van der Waals surface area contributed by atoms with Gasteiger partial charge in [0.15, 0.2) is 11.0 Å². The van der Waals surface area contributed by atoms with Gasteiger partial charge in [-0.2, -0.15) is 10.4 Å². The van der Waals surface area contributed by atoms with E-state index in [4.69, 9.17) is 4.74 Å². The molecule has 1 heterocycles.